The summed E-state index contributed by atoms with van der Waals surface area (Å²) < 4.78 is 9.48. The summed E-state index contributed by atoms with van der Waals surface area (Å²) in [6.45, 7) is 4.43. The van der Waals surface area contributed by atoms with Crippen LogP contribution in [0.5, 0.6) is 0 Å². The molecule has 0 bridgehead atoms. The quantitative estimate of drug-likeness (QED) is 0.762. The first kappa shape index (κ1) is 16.3. The zero-order valence-electron chi connectivity index (χ0n) is 12.2. The van der Waals surface area contributed by atoms with Crippen molar-refractivity contribution in [3.8, 4) is 0 Å². The lowest BCUT2D eigenvalue weighted by Crippen LogP contribution is -2.52. The SMILES string of the molecule is CCOC(=O)NC1CC(CC(=O)OC)CN(C(C)=O)C1. The number of amides is 2. The molecule has 0 aliphatic carbocycles. The zero-order valence-corrected chi connectivity index (χ0v) is 12.2. The Morgan fingerprint density at radius 1 is 1.30 bits per heavy atom. The molecule has 7 nitrogen and oxygen atoms in total. The maximum atomic E-state index is 11.5. The first-order chi connectivity index (χ1) is 9.46. The van der Waals surface area contributed by atoms with E-state index >= 15 is 0 Å². The molecule has 0 aromatic heterocycles. The van der Waals surface area contributed by atoms with Gasteiger partial charge in [0.15, 0.2) is 0 Å². The highest BCUT2D eigenvalue weighted by Crippen LogP contribution is 2.21. The predicted octanol–water partition coefficient (Wildman–Crippen LogP) is 0.533. The van der Waals surface area contributed by atoms with Crippen LogP contribution >= 0.6 is 0 Å². The van der Waals surface area contributed by atoms with Gasteiger partial charge in [0, 0.05) is 20.0 Å². The molecular weight excluding hydrogens is 264 g/mol. The molecule has 2 atom stereocenters. The van der Waals surface area contributed by atoms with E-state index in [2.05, 4.69) is 10.1 Å². The van der Waals surface area contributed by atoms with Gasteiger partial charge in [-0.1, -0.05) is 0 Å². The van der Waals surface area contributed by atoms with Crippen LogP contribution in [-0.4, -0.2) is 55.7 Å². The summed E-state index contributed by atoms with van der Waals surface area (Å²) in [6.07, 6.45) is 0.360. The molecule has 20 heavy (non-hydrogen) atoms. The van der Waals surface area contributed by atoms with Gasteiger partial charge >= 0.3 is 12.1 Å². The normalized spacial score (nSPS) is 22.1. The predicted molar refractivity (Wildman–Crippen MR) is 70.9 cm³/mol. The Balaban J connectivity index is 2.62. The fourth-order valence-corrected chi connectivity index (χ4v) is 2.37. The molecule has 114 valence electrons. The van der Waals surface area contributed by atoms with Crippen LogP contribution in [0.2, 0.25) is 0 Å². The van der Waals surface area contributed by atoms with Gasteiger partial charge in [-0.3, -0.25) is 9.59 Å². The minimum atomic E-state index is -0.500. The second kappa shape index (κ2) is 7.72. The van der Waals surface area contributed by atoms with E-state index in [1.165, 1.54) is 14.0 Å². The zero-order chi connectivity index (χ0) is 15.1. The van der Waals surface area contributed by atoms with Crippen molar-refractivity contribution >= 4 is 18.0 Å². The molecule has 2 unspecified atom stereocenters. The number of rotatable bonds is 4. The molecule has 1 saturated heterocycles. The molecule has 1 fully saturated rings. The van der Waals surface area contributed by atoms with E-state index in [1.807, 2.05) is 0 Å². The lowest BCUT2D eigenvalue weighted by atomic mass is 9.91. The third-order valence-electron chi connectivity index (χ3n) is 3.26. The number of ether oxygens (including phenoxy) is 2. The van der Waals surface area contributed by atoms with Crippen molar-refractivity contribution in [2.45, 2.75) is 32.7 Å². The van der Waals surface area contributed by atoms with Crippen LogP contribution in [0.15, 0.2) is 0 Å². The van der Waals surface area contributed by atoms with Crippen LogP contribution in [0.25, 0.3) is 0 Å². The van der Waals surface area contributed by atoms with E-state index in [-0.39, 0.29) is 30.3 Å². The number of methoxy groups -OCH3 is 1. The molecule has 0 aromatic carbocycles. The second-order valence-corrected chi connectivity index (χ2v) is 4.87. The number of likely N-dealkylation sites (tertiary alicyclic amines) is 1. The summed E-state index contributed by atoms with van der Waals surface area (Å²) in [5.74, 6) is -0.405. The number of piperidine rings is 1. The summed E-state index contributed by atoms with van der Waals surface area (Å²) in [7, 11) is 1.34. The smallest absolute Gasteiger partial charge is 0.407 e. The number of hydrogen-bond donors (Lipinski definition) is 1. The molecular formula is C13H22N2O5. The van der Waals surface area contributed by atoms with Gasteiger partial charge in [-0.2, -0.15) is 0 Å². The number of nitrogens with zero attached hydrogens (tertiary/aromatic N) is 1. The van der Waals surface area contributed by atoms with Crippen molar-refractivity contribution in [1.82, 2.24) is 10.2 Å². The lowest BCUT2D eigenvalue weighted by Gasteiger charge is -2.37. The number of carbonyl (C=O) groups is 3. The van der Waals surface area contributed by atoms with E-state index in [0.717, 1.165) is 0 Å². The maximum absolute atomic E-state index is 11.5. The van der Waals surface area contributed by atoms with Crippen molar-refractivity contribution in [2.24, 2.45) is 5.92 Å². The minimum Gasteiger partial charge on any atom is -0.469 e. The van der Waals surface area contributed by atoms with Gasteiger partial charge in [-0.05, 0) is 19.3 Å². The van der Waals surface area contributed by atoms with Crippen molar-refractivity contribution in [3.05, 3.63) is 0 Å². The third-order valence-corrected chi connectivity index (χ3v) is 3.26. The second-order valence-electron chi connectivity index (χ2n) is 4.87. The standard InChI is InChI=1S/C13H22N2O5/c1-4-20-13(18)14-11-5-10(6-12(17)19-3)7-15(8-11)9(2)16/h10-11H,4-8H2,1-3H3,(H,14,18). The highest BCUT2D eigenvalue weighted by molar-refractivity contribution is 5.74. The molecule has 1 aliphatic rings. The fourth-order valence-electron chi connectivity index (χ4n) is 2.37. The van der Waals surface area contributed by atoms with Gasteiger partial charge in [0.2, 0.25) is 5.91 Å². The molecule has 1 N–H and O–H groups in total. The molecule has 7 heteroatoms. The molecule has 1 rings (SSSR count). The average molecular weight is 286 g/mol. The van der Waals surface area contributed by atoms with Gasteiger partial charge in [-0.15, -0.1) is 0 Å². The summed E-state index contributed by atoms with van der Waals surface area (Å²) in [6, 6.07) is -0.207. The Labute approximate surface area is 118 Å². The molecule has 0 saturated carbocycles. The first-order valence-electron chi connectivity index (χ1n) is 6.71. The molecule has 1 aliphatic heterocycles. The average Bonchev–Trinajstić information content (AvgIpc) is 2.38. The van der Waals surface area contributed by atoms with Crippen molar-refractivity contribution < 1.29 is 23.9 Å². The molecule has 0 spiro atoms. The third kappa shape index (κ3) is 5.07. The minimum absolute atomic E-state index is 0.0213. The number of carbonyl (C=O) groups excluding carboxylic acids is 3. The number of alkyl carbamates (subject to hydrolysis) is 1. The Hall–Kier alpha value is -1.79. The summed E-state index contributed by atoms with van der Waals surface area (Å²) in [4.78, 5) is 36.0. The first-order valence-corrected chi connectivity index (χ1v) is 6.71. The van der Waals surface area contributed by atoms with Gasteiger partial charge in [0.05, 0.1) is 26.2 Å². The van der Waals surface area contributed by atoms with Gasteiger partial charge in [-0.25, -0.2) is 4.79 Å². The summed E-state index contributed by atoms with van der Waals surface area (Å²) in [5.41, 5.74) is 0. The number of hydrogen-bond acceptors (Lipinski definition) is 5. The van der Waals surface area contributed by atoms with Gasteiger partial charge in [0.1, 0.15) is 0 Å². The molecule has 0 aromatic rings. The Bertz CT molecular complexity index is 372. The van der Waals surface area contributed by atoms with Crippen LogP contribution in [0.1, 0.15) is 26.7 Å². The molecule has 0 radical (unpaired) electrons. The molecule has 1 heterocycles. The van der Waals surface area contributed by atoms with E-state index in [1.54, 1.807) is 11.8 Å². The highest BCUT2D eigenvalue weighted by Gasteiger charge is 2.31. The summed E-state index contributed by atoms with van der Waals surface area (Å²) in [5, 5.41) is 2.72. The van der Waals surface area contributed by atoms with Crippen LogP contribution in [0.4, 0.5) is 4.79 Å². The summed E-state index contributed by atoms with van der Waals surface area (Å²) >= 11 is 0. The number of nitrogens with one attached hydrogen (secondary N) is 1. The van der Waals surface area contributed by atoms with Crippen molar-refractivity contribution in [3.63, 3.8) is 0 Å². The van der Waals surface area contributed by atoms with Crippen LogP contribution in [-0.2, 0) is 19.1 Å². The Morgan fingerprint density at radius 3 is 2.55 bits per heavy atom. The van der Waals surface area contributed by atoms with Crippen LogP contribution in [0.3, 0.4) is 0 Å². The fraction of sp³-hybridized carbons (Fsp3) is 0.769. The van der Waals surface area contributed by atoms with Gasteiger partial charge in [0.25, 0.3) is 0 Å². The number of esters is 1. The van der Waals surface area contributed by atoms with Crippen molar-refractivity contribution in [1.29, 1.82) is 0 Å². The van der Waals surface area contributed by atoms with E-state index in [9.17, 15) is 14.4 Å². The van der Waals surface area contributed by atoms with Gasteiger partial charge < -0.3 is 19.7 Å². The Morgan fingerprint density at radius 2 is 2.00 bits per heavy atom. The van der Waals surface area contributed by atoms with Crippen LogP contribution < -0.4 is 5.32 Å². The molecule has 2 amide bonds. The maximum Gasteiger partial charge on any atom is 0.407 e. The Kier molecular flexibility index (Phi) is 6.27. The van der Waals surface area contributed by atoms with Crippen molar-refractivity contribution in [2.75, 3.05) is 26.8 Å². The van der Waals surface area contributed by atoms with E-state index in [0.29, 0.717) is 26.1 Å². The topological polar surface area (TPSA) is 84.9 Å². The van der Waals surface area contributed by atoms with E-state index < -0.39 is 6.09 Å². The van der Waals surface area contributed by atoms with Crippen LogP contribution in [0, 0.1) is 5.92 Å². The highest BCUT2D eigenvalue weighted by atomic mass is 16.5. The lowest BCUT2D eigenvalue weighted by molar-refractivity contribution is -0.143. The largest absolute Gasteiger partial charge is 0.469 e. The monoisotopic (exact) mass is 286 g/mol. The van der Waals surface area contributed by atoms with E-state index in [4.69, 9.17) is 4.74 Å².